The third kappa shape index (κ3) is 4.67. The molecular weight excluding hydrogens is 310 g/mol. The van der Waals surface area contributed by atoms with E-state index in [-0.39, 0.29) is 0 Å². The van der Waals surface area contributed by atoms with Crippen LogP contribution in [0.4, 0.5) is 0 Å². The van der Waals surface area contributed by atoms with Crippen LogP contribution >= 0.6 is 0 Å². The molecule has 1 saturated heterocycles. The van der Waals surface area contributed by atoms with Crippen molar-refractivity contribution < 1.29 is 0 Å². The molecule has 0 aliphatic carbocycles. The number of nitrogens with zero attached hydrogens (tertiary/aromatic N) is 4. The van der Waals surface area contributed by atoms with Crippen LogP contribution in [0.3, 0.4) is 0 Å². The molecule has 3 heterocycles. The minimum absolute atomic E-state index is 0.418. The largest absolute Gasteiger partial charge is 0.309 e. The molecule has 1 N–H and O–H groups in total. The standard InChI is InChI=1S/C20H31N5/c1-15(2)25-13-18(17(4)23-25)11-22-20-8-10-24(12-16(20)3)14-19-7-5-6-9-21-19/h5-7,9,13,15-16,20,22H,8,10-12,14H2,1-4H3/t16-,20-/m1/s1. The van der Waals surface area contributed by atoms with Gasteiger partial charge in [0.05, 0.1) is 11.4 Å². The normalized spacial score (nSPS) is 21.8. The van der Waals surface area contributed by atoms with Gasteiger partial charge < -0.3 is 5.32 Å². The van der Waals surface area contributed by atoms with Crippen LogP contribution in [-0.2, 0) is 13.1 Å². The number of aromatic nitrogens is 3. The molecule has 2 aromatic heterocycles. The van der Waals surface area contributed by atoms with E-state index in [9.17, 15) is 0 Å². The number of piperidine rings is 1. The number of pyridine rings is 1. The Balaban J connectivity index is 1.50. The van der Waals surface area contributed by atoms with E-state index in [1.54, 1.807) is 0 Å². The predicted octanol–water partition coefficient (Wildman–Crippen LogP) is 3.17. The van der Waals surface area contributed by atoms with E-state index < -0.39 is 0 Å². The van der Waals surface area contributed by atoms with E-state index in [4.69, 9.17) is 0 Å². The zero-order valence-electron chi connectivity index (χ0n) is 15.9. The first-order valence-corrected chi connectivity index (χ1v) is 9.43. The zero-order chi connectivity index (χ0) is 17.8. The van der Waals surface area contributed by atoms with Crippen molar-refractivity contribution in [1.29, 1.82) is 0 Å². The minimum atomic E-state index is 0.418. The van der Waals surface area contributed by atoms with Crippen LogP contribution in [0, 0.1) is 12.8 Å². The van der Waals surface area contributed by atoms with Gasteiger partial charge in [-0.3, -0.25) is 14.6 Å². The fourth-order valence-corrected chi connectivity index (χ4v) is 3.60. The topological polar surface area (TPSA) is 46.0 Å². The zero-order valence-corrected chi connectivity index (χ0v) is 15.9. The highest BCUT2D eigenvalue weighted by molar-refractivity contribution is 5.15. The first kappa shape index (κ1) is 18.1. The van der Waals surface area contributed by atoms with Gasteiger partial charge in [0.2, 0.25) is 0 Å². The third-order valence-electron chi connectivity index (χ3n) is 5.20. The maximum atomic E-state index is 4.61. The van der Waals surface area contributed by atoms with Crippen LogP contribution in [0.2, 0.25) is 0 Å². The van der Waals surface area contributed by atoms with Crippen molar-refractivity contribution in [2.24, 2.45) is 5.92 Å². The monoisotopic (exact) mass is 341 g/mol. The van der Waals surface area contributed by atoms with Crippen molar-refractivity contribution in [3.05, 3.63) is 47.5 Å². The van der Waals surface area contributed by atoms with E-state index in [1.165, 1.54) is 12.0 Å². The number of hydrogen-bond acceptors (Lipinski definition) is 4. The average molecular weight is 342 g/mol. The second-order valence-corrected chi connectivity index (χ2v) is 7.62. The predicted molar refractivity (Wildman–Crippen MR) is 101 cm³/mol. The summed E-state index contributed by atoms with van der Waals surface area (Å²) in [7, 11) is 0. The summed E-state index contributed by atoms with van der Waals surface area (Å²) in [6.07, 6.45) is 5.26. The Morgan fingerprint density at radius 3 is 2.80 bits per heavy atom. The highest BCUT2D eigenvalue weighted by Crippen LogP contribution is 2.19. The van der Waals surface area contributed by atoms with Crippen LogP contribution in [0.15, 0.2) is 30.6 Å². The maximum Gasteiger partial charge on any atom is 0.0638 e. The highest BCUT2D eigenvalue weighted by atomic mass is 15.3. The van der Waals surface area contributed by atoms with Crippen LogP contribution in [0.25, 0.3) is 0 Å². The smallest absolute Gasteiger partial charge is 0.0638 e. The number of hydrogen-bond donors (Lipinski definition) is 1. The fourth-order valence-electron chi connectivity index (χ4n) is 3.60. The summed E-state index contributed by atoms with van der Waals surface area (Å²) in [6, 6.07) is 7.15. The molecule has 3 rings (SSSR count). The van der Waals surface area contributed by atoms with Gasteiger partial charge in [0.15, 0.2) is 0 Å². The van der Waals surface area contributed by atoms with Crippen molar-refractivity contribution in [3.63, 3.8) is 0 Å². The SMILES string of the molecule is Cc1nn(C(C)C)cc1CN[C@@H]1CCN(Cc2ccccn2)C[C@H]1C. The van der Waals surface area contributed by atoms with Crippen molar-refractivity contribution >= 4 is 0 Å². The third-order valence-corrected chi connectivity index (χ3v) is 5.20. The van der Waals surface area contributed by atoms with Crippen LogP contribution in [0.5, 0.6) is 0 Å². The number of likely N-dealkylation sites (tertiary alicyclic amines) is 1. The molecule has 1 aliphatic heterocycles. The van der Waals surface area contributed by atoms with Gasteiger partial charge in [-0.2, -0.15) is 5.10 Å². The summed E-state index contributed by atoms with van der Waals surface area (Å²) in [5, 5.41) is 8.38. The Morgan fingerprint density at radius 1 is 1.32 bits per heavy atom. The summed E-state index contributed by atoms with van der Waals surface area (Å²) < 4.78 is 2.06. The molecule has 0 amide bonds. The molecule has 0 spiro atoms. The molecule has 0 bridgehead atoms. The van der Waals surface area contributed by atoms with Crippen LogP contribution in [-0.4, -0.2) is 38.8 Å². The maximum absolute atomic E-state index is 4.61. The molecule has 1 aliphatic rings. The second-order valence-electron chi connectivity index (χ2n) is 7.62. The molecule has 0 radical (unpaired) electrons. The lowest BCUT2D eigenvalue weighted by Crippen LogP contribution is -2.47. The average Bonchev–Trinajstić information content (AvgIpc) is 2.96. The molecule has 1 fully saturated rings. The van der Waals surface area contributed by atoms with Gasteiger partial charge >= 0.3 is 0 Å². The van der Waals surface area contributed by atoms with E-state index in [1.807, 2.05) is 12.3 Å². The molecular formula is C20H31N5. The summed E-state index contributed by atoms with van der Waals surface area (Å²) in [4.78, 5) is 6.97. The second kappa shape index (κ2) is 8.11. The van der Waals surface area contributed by atoms with Gasteiger partial charge in [-0.25, -0.2) is 0 Å². The quantitative estimate of drug-likeness (QED) is 0.877. The summed E-state index contributed by atoms with van der Waals surface area (Å²) in [5.74, 6) is 0.637. The summed E-state index contributed by atoms with van der Waals surface area (Å²) in [5.41, 5.74) is 3.62. The lowest BCUT2D eigenvalue weighted by molar-refractivity contribution is 0.139. The minimum Gasteiger partial charge on any atom is -0.309 e. The first-order valence-electron chi connectivity index (χ1n) is 9.43. The Hall–Kier alpha value is -1.72. The van der Waals surface area contributed by atoms with Gasteiger partial charge in [0.1, 0.15) is 0 Å². The Bertz CT molecular complexity index is 664. The molecule has 0 saturated carbocycles. The molecule has 2 aromatic rings. The van der Waals surface area contributed by atoms with E-state index >= 15 is 0 Å². The molecule has 0 unspecified atom stereocenters. The number of rotatable bonds is 6. The Labute approximate surface area is 151 Å². The van der Waals surface area contributed by atoms with Crippen molar-refractivity contribution in [1.82, 2.24) is 25.0 Å². The van der Waals surface area contributed by atoms with Gasteiger partial charge in [-0.15, -0.1) is 0 Å². The lowest BCUT2D eigenvalue weighted by atomic mass is 9.93. The number of nitrogens with one attached hydrogen (secondary N) is 1. The van der Waals surface area contributed by atoms with Crippen molar-refractivity contribution in [3.8, 4) is 0 Å². The van der Waals surface area contributed by atoms with E-state index in [0.29, 0.717) is 18.0 Å². The fraction of sp³-hybridized carbons (Fsp3) is 0.600. The first-order chi connectivity index (χ1) is 12.0. The van der Waals surface area contributed by atoms with Crippen LogP contribution < -0.4 is 5.32 Å². The molecule has 5 heteroatoms. The van der Waals surface area contributed by atoms with Gasteiger partial charge in [0.25, 0.3) is 0 Å². The Kier molecular flexibility index (Phi) is 5.86. The summed E-state index contributed by atoms with van der Waals surface area (Å²) >= 11 is 0. The Morgan fingerprint density at radius 2 is 2.16 bits per heavy atom. The van der Waals surface area contributed by atoms with Gasteiger partial charge in [-0.1, -0.05) is 13.0 Å². The van der Waals surface area contributed by atoms with E-state index in [2.05, 4.69) is 71.0 Å². The molecule has 136 valence electrons. The molecule has 5 nitrogen and oxygen atoms in total. The molecule has 25 heavy (non-hydrogen) atoms. The number of aryl methyl sites for hydroxylation is 1. The highest BCUT2D eigenvalue weighted by Gasteiger charge is 2.26. The van der Waals surface area contributed by atoms with Crippen LogP contribution in [0.1, 0.15) is 50.2 Å². The van der Waals surface area contributed by atoms with Gasteiger partial charge in [0, 0.05) is 56.2 Å². The molecule has 2 atom stereocenters. The lowest BCUT2D eigenvalue weighted by Gasteiger charge is -2.37. The van der Waals surface area contributed by atoms with E-state index in [0.717, 1.165) is 37.6 Å². The van der Waals surface area contributed by atoms with Crippen molar-refractivity contribution in [2.45, 2.75) is 59.3 Å². The summed E-state index contributed by atoms with van der Waals surface area (Å²) in [6.45, 7) is 12.9. The molecule has 0 aromatic carbocycles. The van der Waals surface area contributed by atoms with Gasteiger partial charge in [-0.05, 0) is 45.2 Å². The van der Waals surface area contributed by atoms with Crippen molar-refractivity contribution in [2.75, 3.05) is 13.1 Å².